The van der Waals surface area contributed by atoms with Gasteiger partial charge in [0.2, 0.25) is 0 Å². The van der Waals surface area contributed by atoms with Gasteiger partial charge in [0, 0.05) is 43.2 Å². The number of carbonyl (C=O) groups excluding carboxylic acids is 1. The summed E-state index contributed by atoms with van der Waals surface area (Å²) in [4.78, 5) is 31.8. The van der Waals surface area contributed by atoms with Gasteiger partial charge in [0.1, 0.15) is 0 Å². The molecule has 1 fully saturated rings. The van der Waals surface area contributed by atoms with Gasteiger partial charge in [-0.2, -0.15) is 0 Å². The molecule has 0 aliphatic carbocycles. The van der Waals surface area contributed by atoms with Gasteiger partial charge in [-0.3, -0.25) is 9.59 Å². The fourth-order valence-electron chi connectivity index (χ4n) is 3.19. The normalized spacial score (nSPS) is 17.3. The Labute approximate surface area is 147 Å². The molecule has 1 unspecified atom stereocenters. The summed E-state index contributed by atoms with van der Waals surface area (Å²) in [6.07, 6.45) is 3.66. The van der Waals surface area contributed by atoms with E-state index in [4.69, 9.17) is 4.74 Å². The Morgan fingerprint density at radius 2 is 2.00 bits per heavy atom. The average Bonchev–Trinajstić information content (AvgIpc) is 3.11. The summed E-state index contributed by atoms with van der Waals surface area (Å²) >= 11 is 0. The molecule has 1 saturated heterocycles. The van der Waals surface area contributed by atoms with Gasteiger partial charge >= 0.3 is 0 Å². The zero-order chi connectivity index (χ0) is 17.8. The van der Waals surface area contributed by atoms with Crippen LogP contribution in [0.1, 0.15) is 23.2 Å². The van der Waals surface area contributed by atoms with Crippen LogP contribution >= 0.6 is 0 Å². The molecule has 2 heterocycles. The van der Waals surface area contributed by atoms with E-state index < -0.39 is 0 Å². The van der Waals surface area contributed by atoms with Crippen molar-refractivity contribution in [3.05, 3.63) is 46.4 Å². The quantitative estimate of drug-likeness (QED) is 0.867. The highest BCUT2D eigenvalue weighted by Crippen LogP contribution is 2.19. The predicted octanol–water partition coefficient (Wildman–Crippen LogP) is 1.71. The van der Waals surface area contributed by atoms with Crippen LogP contribution in [0.4, 0.5) is 0 Å². The highest BCUT2D eigenvalue weighted by Gasteiger charge is 2.24. The molecule has 25 heavy (non-hydrogen) atoms. The van der Waals surface area contributed by atoms with Crippen molar-refractivity contribution in [1.29, 1.82) is 0 Å². The Kier molecular flexibility index (Phi) is 5.50. The van der Waals surface area contributed by atoms with Gasteiger partial charge in [0.25, 0.3) is 11.5 Å². The predicted molar refractivity (Wildman–Crippen MR) is 98.0 cm³/mol. The van der Waals surface area contributed by atoms with Crippen LogP contribution in [0.3, 0.4) is 0 Å². The number of H-pyrrole nitrogens is 1. The van der Waals surface area contributed by atoms with Crippen LogP contribution in [0.15, 0.2) is 35.3 Å². The number of pyridine rings is 1. The van der Waals surface area contributed by atoms with Crippen LogP contribution in [0, 0.1) is 0 Å². The molecule has 1 aromatic carbocycles. The second-order valence-corrected chi connectivity index (χ2v) is 6.77. The van der Waals surface area contributed by atoms with Crippen molar-refractivity contribution in [3.8, 4) is 0 Å². The van der Waals surface area contributed by atoms with Crippen LogP contribution in [0.25, 0.3) is 10.8 Å². The molecule has 0 bridgehead atoms. The summed E-state index contributed by atoms with van der Waals surface area (Å²) in [5, 5.41) is 1.23. The third-order valence-electron chi connectivity index (χ3n) is 4.59. The number of nitrogens with zero attached hydrogens (tertiary/aromatic N) is 2. The maximum absolute atomic E-state index is 13.2. The summed E-state index contributed by atoms with van der Waals surface area (Å²) in [6.45, 7) is 2.75. The van der Waals surface area contributed by atoms with Crippen molar-refractivity contribution in [2.45, 2.75) is 18.9 Å². The Morgan fingerprint density at radius 3 is 2.68 bits per heavy atom. The SMILES string of the molecule is CN(C)CCN(CC1CCCO1)C(=O)c1c[nH]c(=O)c2ccccc12. The fourth-order valence-corrected chi connectivity index (χ4v) is 3.19. The molecule has 1 aromatic heterocycles. The van der Waals surface area contributed by atoms with Gasteiger partial charge in [-0.15, -0.1) is 0 Å². The minimum Gasteiger partial charge on any atom is -0.376 e. The van der Waals surface area contributed by atoms with Crippen molar-refractivity contribution in [1.82, 2.24) is 14.8 Å². The van der Waals surface area contributed by atoms with Crippen molar-refractivity contribution in [2.24, 2.45) is 0 Å². The van der Waals surface area contributed by atoms with E-state index in [2.05, 4.69) is 9.88 Å². The lowest BCUT2D eigenvalue weighted by molar-refractivity contribution is 0.0513. The molecule has 0 saturated carbocycles. The van der Waals surface area contributed by atoms with Gasteiger partial charge in [-0.1, -0.05) is 18.2 Å². The molecule has 0 radical (unpaired) electrons. The van der Waals surface area contributed by atoms with Crippen molar-refractivity contribution in [2.75, 3.05) is 40.3 Å². The zero-order valence-corrected chi connectivity index (χ0v) is 14.8. The van der Waals surface area contributed by atoms with E-state index in [0.717, 1.165) is 26.0 Å². The van der Waals surface area contributed by atoms with Gasteiger partial charge in [0.05, 0.1) is 11.7 Å². The number of amides is 1. The molecular weight excluding hydrogens is 318 g/mol. The summed E-state index contributed by atoms with van der Waals surface area (Å²) < 4.78 is 5.72. The van der Waals surface area contributed by atoms with Crippen LogP contribution in [-0.4, -0.2) is 67.1 Å². The number of fused-ring (bicyclic) bond motifs is 1. The first kappa shape index (κ1) is 17.6. The van der Waals surface area contributed by atoms with E-state index >= 15 is 0 Å². The largest absolute Gasteiger partial charge is 0.376 e. The fraction of sp³-hybridized carbons (Fsp3) is 0.474. The minimum absolute atomic E-state index is 0.0650. The average molecular weight is 343 g/mol. The lowest BCUT2D eigenvalue weighted by Crippen LogP contribution is -2.41. The first-order chi connectivity index (χ1) is 12.1. The molecule has 1 amide bonds. The number of likely N-dealkylation sites (N-methyl/N-ethyl adjacent to an activating group) is 1. The molecular formula is C19H25N3O3. The first-order valence-electron chi connectivity index (χ1n) is 8.72. The number of nitrogens with one attached hydrogen (secondary N) is 1. The lowest BCUT2D eigenvalue weighted by Gasteiger charge is -2.27. The smallest absolute Gasteiger partial charge is 0.256 e. The summed E-state index contributed by atoms with van der Waals surface area (Å²) in [7, 11) is 3.98. The second-order valence-electron chi connectivity index (χ2n) is 6.77. The molecule has 6 nitrogen and oxygen atoms in total. The third-order valence-corrected chi connectivity index (χ3v) is 4.59. The number of benzene rings is 1. The second kappa shape index (κ2) is 7.80. The van der Waals surface area contributed by atoms with E-state index in [9.17, 15) is 9.59 Å². The maximum Gasteiger partial charge on any atom is 0.256 e. The van der Waals surface area contributed by atoms with Crippen molar-refractivity contribution in [3.63, 3.8) is 0 Å². The van der Waals surface area contributed by atoms with E-state index in [1.807, 2.05) is 37.2 Å². The Morgan fingerprint density at radius 1 is 1.24 bits per heavy atom. The number of carbonyl (C=O) groups is 1. The third kappa shape index (κ3) is 4.08. The molecule has 0 spiro atoms. The van der Waals surface area contributed by atoms with E-state index in [1.165, 1.54) is 6.20 Å². The van der Waals surface area contributed by atoms with Crippen LogP contribution in [0.5, 0.6) is 0 Å². The van der Waals surface area contributed by atoms with Crippen molar-refractivity contribution < 1.29 is 9.53 Å². The van der Waals surface area contributed by atoms with E-state index in [0.29, 0.717) is 29.4 Å². The standard InChI is InChI=1S/C19H25N3O3/c1-21(2)9-10-22(13-14-6-5-11-25-14)19(24)17-12-20-18(23)16-8-4-3-7-15(16)17/h3-4,7-8,12,14H,5-6,9-11,13H2,1-2H3,(H,20,23). The van der Waals surface area contributed by atoms with Gasteiger partial charge < -0.3 is 19.5 Å². The molecule has 1 aliphatic heterocycles. The molecule has 134 valence electrons. The van der Waals surface area contributed by atoms with Crippen LogP contribution in [0.2, 0.25) is 0 Å². The summed E-state index contributed by atoms with van der Waals surface area (Å²) in [5.74, 6) is -0.0650. The number of hydrogen-bond donors (Lipinski definition) is 1. The number of aromatic amines is 1. The van der Waals surface area contributed by atoms with Gasteiger partial charge in [-0.05, 0) is 33.0 Å². The van der Waals surface area contributed by atoms with E-state index in [1.54, 1.807) is 6.07 Å². The highest BCUT2D eigenvalue weighted by atomic mass is 16.5. The summed E-state index contributed by atoms with van der Waals surface area (Å²) in [6, 6.07) is 7.23. The monoisotopic (exact) mass is 343 g/mol. The highest BCUT2D eigenvalue weighted by molar-refractivity contribution is 6.06. The zero-order valence-electron chi connectivity index (χ0n) is 14.8. The van der Waals surface area contributed by atoms with Gasteiger partial charge in [-0.25, -0.2) is 0 Å². The van der Waals surface area contributed by atoms with Crippen LogP contribution in [-0.2, 0) is 4.74 Å². The topological polar surface area (TPSA) is 65.6 Å². The molecule has 1 atom stereocenters. The number of rotatable bonds is 6. The van der Waals surface area contributed by atoms with Crippen LogP contribution < -0.4 is 5.56 Å². The lowest BCUT2D eigenvalue weighted by atomic mass is 10.1. The number of hydrogen-bond acceptors (Lipinski definition) is 4. The molecule has 6 heteroatoms. The van der Waals surface area contributed by atoms with Crippen molar-refractivity contribution >= 4 is 16.7 Å². The number of ether oxygens (including phenoxy) is 1. The maximum atomic E-state index is 13.2. The first-order valence-corrected chi connectivity index (χ1v) is 8.72. The molecule has 2 aromatic rings. The minimum atomic E-state index is -0.175. The number of aromatic nitrogens is 1. The molecule has 1 N–H and O–H groups in total. The molecule has 1 aliphatic rings. The Balaban J connectivity index is 1.90. The molecule has 3 rings (SSSR count). The summed E-state index contributed by atoms with van der Waals surface area (Å²) in [5.41, 5.74) is 0.359. The van der Waals surface area contributed by atoms with Gasteiger partial charge in [0.15, 0.2) is 0 Å². The Bertz CT molecular complexity index is 794. The Hall–Kier alpha value is -2.18. The van der Waals surface area contributed by atoms with E-state index in [-0.39, 0.29) is 17.6 Å².